The quantitative estimate of drug-likeness (QED) is 0.0723. The van der Waals surface area contributed by atoms with Crippen LogP contribution >= 0.6 is 14.7 Å². The lowest BCUT2D eigenvalue weighted by atomic mass is 10.1. The summed E-state index contributed by atoms with van der Waals surface area (Å²) in [6.07, 6.45) is 17.5. The fourth-order valence-electron chi connectivity index (χ4n) is 6.90. The smallest absolute Gasteiger partial charge is 0.324 e. The second-order valence-corrected chi connectivity index (χ2v) is 20.3. The topological polar surface area (TPSA) is 81.0 Å². The summed E-state index contributed by atoms with van der Waals surface area (Å²) in [6, 6.07) is 39.5. The minimum absolute atomic E-state index is 0.253. The Bertz CT molecular complexity index is 2510. The van der Waals surface area contributed by atoms with Gasteiger partial charge in [-0.3, -0.25) is 4.57 Å². The summed E-state index contributed by atoms with van der Waals surface area (Å²) >= 11 is 0. The normalized spacial score (nSPS) is 11.8. The minimum atomic E-state index is -3.15. The van der Waals surface area contributed by atoms with Crippen LogP contribution in [0.3, 0.4) is 0 Å². The summed E-state index contributed by atoms with van der Waals surface area (Å²) in [5, 5.41) is 0. The highest BCUT2D eigenvalue weighted by Crippen LogP contribution is 2.51. The Morgan fingerprint density at radius 3 is 1.21 bits per heavy atom. The Kier molecular flexibility index (Phi) is 13.0. The van der Waals surface area contributed by atoms with Gasteiger partial charge in [0.2, 0.25) is 11.4 Å². The maximum absolute atomic E-state index is 12.9. The van der Waals surface area contributed by atoms with Crippen LogP contribution in [0.2, 0.25) is 0 Å². The van der Waals surface area contributed by atoms with Crippen molar-refractivity contribution in [3.8, 4) is 33.6 Å². The Labute approximate surface area is 341 Å². The molecular formula is C47H51N5O4P2+4. The van der Waals surface area contributed by atoms with Gasteiger partial charge in [-0.2, -0.15) is 18.3 Å². The number of hydrogen-bond donors (Lipinski definition) is 0. The van der Waals surface area contributed by atoms with Crippen LogP contribution in [0.1, 0.15) is 36.4 Å². The molecule has 58 heavy (non-hydrogen) atoms. The molecule has 0 N–H and O–H groups in total. The molecular weight excluding hydrogens is 760 g/mol. The van der Waals surface area contributed by atoms with Gasteiger partial charge in [-0.05, 0) is 72.7 Å². The molecule has 2 aromatic carbocycles. The van der Waals surface area contributed by atoms with Crippen molar-refractivity contribution in [1.29, 1.82) is 0 Å². The highest BCUT2D eigenvalue weighted by molar-refractivity contribution is 7.61. The molecule has 0 bridgehead atoms. The summed E-state index contributed by atoms with van der Waals surface area (Å²) in [7, 11) is -5.24. The molecule has 0 aliphatic rings. The molecule has 11 heteroatoms. The number of nitrogens with zero attached hydrogens (tertiary/aromatic N) is 5. The highest BCUT2D eigenvalue weighted by Gasteiger charge is 2.24. The zero-order chi connectivity index (χ0) is 40.5. The van der Waals surface area contributed by atoms with E-state index in [1.807, 2.05) is 51.4 Å². The summed E-state index contributed by atoms with van der Waals surface area (Å²) < 4.78 is 44.5. The van der Waals surface area contributed by atoms with Crippen LogP contribution in [0.4, 0.5) is 0 Å². The van der Waals surface area contributed by atoms with Crippen molar-refractivity contribution in [1.82, 2.24) is 4.98 Å². The van der Waals surface area contributed by atoms with E-state index in [4.69, 9.17) is 14.0 Å². The van der Waals surface area contributed by atoms with E-state index >= 15 is 0 Å². The van der Waals surface area contributed by atoms with Gasteiger partial charge >= 0.3 is 7.60 Å². The second kappa shape index (κ2) is 18.4. The molecule has 5 heterocycles. The molecule has 9 nitrogen and oxygen atoms in total. The van der Waals surface area contributed by atoms with Crippen LogP contribution in [-0.4, -0.2) is 31.5 Å². The van der Waals surface area contributed by atoms with E-state index in [1.165, 1.54) is 0 Å². The van der Waals surface area contributed by atoms with E-state index < -0.39 is 14.7 Å². The fourth-order valence-corrected chi connectivity index (χ4v) is 9.70. The molecule has 5 aromatic heterocycles. The van der Waals surface area contributed by atoms with Gasteiger partial charge in [0.05, 0.1) is 26.5 Å². The first-order valence-corrected chi connectivity index (χ1v) is 24.1. The summed E-state index contributed by atoms with van der Waals surface area (Å²) in [6.45, 7) is 9.36. The van der Waals surface area contributed by atoms with Crippen LogP contribution < -0.4 is 18.3 Å². The predicted octanol–water partition coefficient (Wildman–Crippen LogP) is 8.53. The molecule has 0 unspecified atom stereocenters. The lowest BCUT2D eigenvalue weighted by molar-refractivity contribution is -0.690. The molecule has 0 saturated heterocycles. The van der Waals surface area contributed by atoms with Gasteiger partial charge in [-0.1, -0.05) is 30.3 Å². The lowest BCUT2D eigenvalue weighted by Crippen LogP contribution is -2.35. The third-order valence-corrected chi connectivity index (χ3v) is 12.9. The molecule has 294 valence electrons. The molecule has 0 spiro atoms. The van der Waals surface area contributed by atoms with Gasteiger partial charge in [0.1, 0.15) is 11.4 Å². The van der Waals surface area contributed by atoms with Gasteiger partial charge in [0.25, 0.3) is 0 Å². The van der Waals surface area contributed by atoms with Crippen molar-refractivity contribution < 1.29 is 36.4 Å². The van der Waals surface area contributed by atoms with E-state index in [0.717, 1.165) is 56.1 Å². The first-order valence-electron chi connectivity index (χ1n) is 19.6. The molecule has 7 aromatic rings. The molecule has 0 atom stereocenters. The first kappa shape index (κ1) is 40.8. The highest BCUT2D eigenvalue weighted by atomic mass is 31.2. The minimum Gasteiger partial charge on any atom is -0.324 e. The predicted molar refractivity (Wildman–Crippen MR) is 227 cm³/mol. The van der Waals surface area contributed by atoms with Gasteiger partial charge in [0.15, 0.2) is 62.7 Å². The van der Waals surface area contributed by atoms with E-state index in [1.54, 1.807) is 0 Å². The fraction of sp³-hybridized carbons (Fsp3) is 0.213. The van der Waals surface area contributed by atoms with Gasteiger partial charge in [0, 0.05) is 79.0 Å². The van der Waals surface area contributed by atoms with Crippen molar-refractivity contribution in [3.05, 3.63) is 187 Å². The maximum Gasteiger partial charge on any atom is 0.335 e. The second-order valence-electron chi connectivity index (χ2n) is 14.8. The number of pyridine rings is 5. The standard InChI is InChI=1S/C47H51N5O4P2/c1-5-55-58(54,56-6-2)37-39-12-16-47(17-13-39)52-32-24-43(25-33-52)41-20-28-50(29-21-41)35-45-9-7-8-44(48-45)34-49-26-18-40(19-27-49)42-22-30-51(31-23-42)46-14-10-38(11-15-46)36-57(3,4)53/h7-33H,5-6,34-37H2,1-4H3/q+4. The van der Waals surface area contributed by atoms with Crippen molar-refractivity contribution in [2.45, 2.75) is 39.3 Å². The Morgan fingerprint density at radius 2 is 0.845 bits per heavy atom. The van der Waals surface area contributed by atoms with E-state index in [9.17, 15) is 9.13 Å². The molecule has 0 saturated carbocycles. The number of hydrogen-bond acceptors (Lipinski definition) is 5. The number of benzene rings is 2. The Hall–Kier alpha value is -5.43. The third kappa shape index (κ3) is 10.9. The van der Waals surface area contributed by atoms with Gasteiger partial charge in [-0.15, -0.1) is 0 Å². The average molecular weight is 812 g/mol. The Morgan fingerprint density at radius 1 is 0.483 bits per heavy atom. The molecule has 7 rings (SSSR count). The van der Waals surface area contributed by atoms with Crippen molar-refractivity contribution in [3.63, 3.8) is 0 Å². The van der Waals surface area contributed by atoms with Crippen molar-refractivity contribution in [2.75, 3.05) is 26.5 Å². The zero-order valence-corrected chi connectivity index (χ0v) is 35.4. The first-order chi connectivity index (χ1) is 28.0. The zero-order valence-electron chi connectivity index (χ0n) is 33.6. The average Bonchev–Trinajstić information content (AvgIpc) is 3.22. The van der Waals surface area contributed by atoms with Crippen LogP contribution in [0.5, 0.6) is 0 Å². The Balaban J connectivity index is 0.928. The van der Waals surface area contributed by atoms with E-state index in [0.29, 0.717) is 32.5 Å². The molecule has 0 amide bonds. The summed E-state index contributed by atoms with van der Waals surface area (Å²) in [5.41, 5.74) is 10.6. The molecule has 0 radical (unpaired) electrons. The number of aromatic nitrogens is 5. The summed E-state index contributed by atoms with van der Waals surface area (Å²) in [5.74, 6) is 0. The van der Waals surface area contributed by atoms with Crippen LogP contribution in [-0.2, 0) is 43.6 Å². The largest absolute Gasteiger partial charge is 0.335 e. The molecule has 0 aliphatic carbocycles. The molecule has 0 aliphatic heterocycles. The molecule has 0 fully saturated rings. The SMILES string of the molecule is CCOP(=O)(Cc1ccc(-[n+]2ccc(-c3cc[n+](Cc4cccc(C[n+]5ccc(-c6cc[n+](-c7ccc(CP(C)(C)=O)cc7)cc6)cc5)n4)cc3)cc2)cc1)OCC. The maximum atomic E-state index is 12.9. The summed E-state index contributed by atoms with van der Waals surface area (Å²) in [4.78, 5) is 4.98. The van der Waals surface area contributed by atoms with E-state index in [2.05, 4.69) is 159 Å². The van der Waals surface area contributed by atoms with Crippen LogP contribution in [0.25, 0.3) is 33.6 Å². The van der Waals surface area contributed by atoms with Crippen molar-refractivity contribution in [2.24, 2.45) is 0 Å². The monoisotopic (exact) mass is 811 g/mol. The van der Waals surface area contributed by atoms with Crippen LogP contribution in [0, 0.1) is 0 Å². The number of rotatable bonds is 16. The van der Waals surface area contributed by atoms with E-state index in [-0.39, 0.29) is 6.16 Å². The third-order valence-electron chi connectivity index (χ3n) is 9.72. The van der Waals surface area contributed by atoms with Crippen molar-refractivity contribution >= 4 is 14.7 Å². The van der Waals surface area contributed by atoms with Gasteiger partial charge in [-0.25, -0.2) is 4.98 Å². The van der Waals surface area contributed by atoms with Gasteiger partial charge < -0.3 is 13.6 Å². The van der Waals surface area contributed by atoms with Crippen LogP contribution in [0.15, 0.2) is 165 Å². The lowest BCUT2D eigenvalue weighted by Gasteiger charge is -2.16.